The van der Waals surface area contributed by atoms with E-state index in [2.05, 4.69) is 0 Å². The summed E-state index contributed by atoms with van der Waals surface area (Å²) >= 11 is 0. The summed E-state index contributed by atoms with van der Waals surface area (Å²) in [5, 5.41) is 0. The maximum Gasteiger partial charge on any atom is 0.269 e. The molecule has 0 aromatic rings. The minimum Gasteiger partial charge on any atom is -0.395 e. The van der Waals surface area contributed by atoms with E-state index < -0.39 is 5.91 Å². The molecule has 0 saturated carbocycles. The number of carbonyl (C=O) groups is 2. The quantitative estimate of drug-likeness (QED) is 0.529. The monoisotopic (exact) mass is 169 g/mol. The first-order valence-corrected chi connectivity index (χ1v) is 3.64. The molecule has 0 aromatic carbocycles. The van der Waals surface area contributed by atoms with Crippen LogP contribution in [0.4, 0.5) is 0 Å². The lowest BCUT2D eigenvalue weighted by Gasteiger charge is -2.23. The van der Waals surface area contributed by atoms with E-state index in [0.717, 1.165) is 0 Å². The first-order valence-electron chi connectivity index (χ1n) is 3.64. The van der Waals surface area contributed by atoms with Crippen molar-refractivity contribution in [1.82, 2.24) is 4.90 Å². The van der Waals surface area contributed by atoms with Gasteiger partial charge in [0.25, 0.3) is 5.91 Å². The molecular weight excluding hydrogens is 158 g/mol. The summed E-state index contributed by atoms with van der Waals surface area (Å²) < 4.78 is 0. The van der Waals surface area contributed by atoms with Crippen molar-refractivity contribution >= 4 is 11.8 Å². The van der Waals surface area contributed by atoms with Gasteiger partial charge in [0.1, 0.15) is 0 Å². The molecule has 0 spiro atoms. The van der Waals surface area contributed by atoms with Crippen molar-refractivity contribution in [2.75, 3.05) is 13.1 Å². The largest absolute Gasteiger partial charge is 0.395 e. The van der Waals surface area contributed by atoms with E-state index >= 15 is 0 Å². The van der Waals surface area contributed by atoms with E-state index in [1.54, 1.807) is 6.08 Å². The molecule has 5 nitrogen and oxygen atoms in total. The summed E-state index contributed by atoms with van der Waals surface area (Å²) in [4.78, 5) is 23.0. The van der Waals surface area contributed by atoms with Gasteiger partial charge in [-0.25, -0.2) is 0 Å². The van der Waals surface area contributed by atoms with Gasteiger partial charge in [-0.2, -0.15) is 0 Å². The smallest absolute Gasteiger partial charge is 0.269 e. The summed E-state index contributed by atoms with van der Waals surface area (Å²) in [7, 11) is 0. The molecule has 0 unspecified atom stereocenters. The highest BCUT2D eigenvalue weighted by Gasteiger charge is 2.20. The van der Waals surface area contributed by atoms with Crippen LogP contribution in [0.25, 0.3) is 0 Å². The zero-order valence-corrected chi connectivity index (χ0v) is 6.62. The normalized spacial score (nSPS) is 17.5. The van der Waals surface area contributed by atoms with Gasteiger partial charge in [0.2, 0.25) is 5.91 Å². The molecule has 0 aromatic heterocycles. The number of rotatable bonds is 2. The third kappa shape index (κ3) is 1.75. The molecule has 0 saturated heterocycles. The molecule has 0 aliphatic carbocycles. The maximum atomic E-state index is 11.2. The molecular formula is C7H11N3O2. The number of hydrogen-bond acceptors (Lipinski definition) is 3. The highest BCUT2D eigenvalue weighted by molar-refractivity contribution is 5.95. The van der Waals surface area contributed by atoms with Gasteiger partial charge in [-0.3, -0.25) is 9.59 Å². The summed E-state index contributed by atoms with van der Waals surface area (Å²) in [6.07, 6.45) is 2.34. The van der Waals surface area contributed by atoms with Gasteiger partial charge in [0.15, 0.2) is 0 Å². The molecule has 1 heterocycles. The second kappa shape index (κ2) is 3.25. The average molecular weight is 169 g/mol. The third-order valence-electron chi connectivity index (χ3n) is 1.64. The summed E-state index contributed by atoms with van der Waals surface area (Å²) in [6, 6.07) is 0. The average Bonchev–Trinajstić information content (AvgIpc) is 1.98. The van der Waals surface area contributed by atoms with E-state index in [9.17, 15) is 9.59 Å². The van der Waals surface area contributed by atoms with Crippen LogP contribution in [0, 0.1) is 0 Å². The molecule has 66 valence electrons. The van der Waals surface area contributed by atoms with Crippen LogP contribution in [0.3, 0.4) is 0 Å². The lowest BCUT2D eigenvalue weighted by Crippen LogP contribution is -2.43. The first-order chi connectivity index (χ1) is 5.61. The van der Waals surface area contributed by atoms with Gasteiger partial charge in [-0.15, -0.1) is 0 Å². The number of primary amides is 1. The molecule has 4 N–H and O–H groups in total. The lowest BCUT2D eigenvalue weighted by atomic mass is 10.2. The Kier molecular flexibility index (Phi) is 2.32. The van der Waals surface area contributed by atoms with Crippen molar-refractivity contribution in [3.63, 3.8) is 0 Å². The Morgan fingerprint density at radius 1 is 1.67 bits per heavy atom. The van der Waals surface area contributed by atoms with Gasteiger partial charge in [-0.1, -0.05) is 6.08 Å². The number of carbonyl (C=O) groups excluding carboxylic acids is 2. The fourth-order valence-electron chi connectivity index (χ4n) is 1.09. The van der Waals surface area contributed by atoms with E-state index in [1.165, 1.54) is 4.90 Å². The van der Waals surface area contributed by atoms with Crippen LogP contribution < -0.4 is 11.5 Å². The first kappa shape index (κ1) is 8.58. The van der Waals surface area contributed by atoms with Crippen molar-refractivity contribution in [3.05, 3.63) is 11.8 Å². The lowest BCUT2D eigenvalue weighted by molar-refractivity contribution is -0.132. The molecule has 2 amide bonds. The van der Waals surface area contributed by atoms with E-state index in [0.29, 0.717) is 13.0 Å². The van der Waals surface area contributed by atoms with Gasteiger partial charge in [0.05, 0.1) is 12.2 Å². The van der Waals surface area contributed by atoms with Crippen LogP contribution in [-0.2, 0) is 9.59 Å². The number of hydrogen-bond donors (Lipinski definition) is 2. The van der Waals surface area contributed by atoms with E-state index in [1.807, 2.05) is 0 Å². The van der Waals surface area contributed by atoms with Crippen LogP contribution in [0.1, 0.15) is 6.42 Å². The number of amides is 2. The van der Waals surface area contributed by atoms with Crippen molar-refractivity contribution < 1.29 is 9.59 Å². The van der Waals surface area contributed by atoms with Crippen LogP contribution in [0.2, 0.25) is 0 Å². The molecule has 1 rings (SSSR count). The Morgan fingerprint density at radius 3 is 2.92 bits per heavy atom. The minimum atomic E-state index is -0.516. The Bertz CT molecular complexity index is 247. The second-order valence-electron chi connectivity index (χ2n) is 2.64. The second-order valence-corrected chi connectivity index (χ2v) is 2.64. The van der Waals surface area contributed by atoms with Crippen LogP contribution >= 0.6 is 0 Å². The number of nitrogens with zero attached hydrogens (tertiary/aromatic N) is 1. The van der Waals surface area contributed by atoms with E-state index in [4.69, 9.17) is 11.5 Å². The molecule has 1 aliphatic heterocycles. The van der Waals surface area contributed by atoms with Crippen LogP contribution in [0.5, 0.6) is 0 Å². The molecule has 12 heavy (non-hydrogen) atoms. The van der Waals surface area contributed by atoms with Gasteiger partial charge >= 0.3 is 0 Å². The Labute approximate surface area is 70.0 Å². The fraction of sp³-hybridized carbons (Fsp3) is 0.429. The predicted octanol–water partition coefficient (Wildman–Crippen LogP) is -1.45. The van der Waals surface area contributed by atoms with Crippen molar-refractivity contribution in [3.8, 4) is 0 Å². The van der Waals surface area contributed by atoms with Gasteiger partial charge in [0, 0.05) is 6.54 Å². The Morgan fingerprint density at radius 2 is 2.33 bits per heavy atom. The topological polar surface area (TPSA) is 89.4 Å². The van der Waals surface area contributed by atoms with E-state index in [-0.39, 0.29) is 18.1 Å². The number of nitrogens with two attached hydrogens (primary N) is 2. The standard InChI is InChI=1S/C7H11N3O2/c8-5-2-1-3-10(7(5)12)4-6(9)11/h2H,1,3-4,8H2,(H2,9,11). The molecule has 5 heteroatoms. The van der Waals surface area contributed by atoms with Gasteiger partial charge in [-0.05, 0) is 6.42 Å². The highest BCUT2D eigenvalue weighted by atomic mass is 16.2. The van der Waals surface area contributed by atoms with Gasteiger partial charge < -0.3 is 16.4 Å². The highest BCUT2D eigenvalue weighted by Crippen LogP contribution is 2.05. The summed E-state index contributed by atoms with van der Waals surface area (Å²) in [5.41, 5.74) is 10.5. The Balaban J connectivity index is 2.63. The maximum absolute atomic E-state index is 11.2. The minimum absolute atomic E-state index is 0.0482. The fourth-order valence-corrected chi connectivity index (χ4v) is 1.09. The van der Waals surface area contributed by atoms with Crippen LogP contribution in [-0.4, -0.2) is 29.8 Å². The zero-order chi connectivity index (χ0) is 9.14. The van der Waals surface area contributed by atoms with Crippen molar-refractivity contribution in [2.24, 2.45) is 11.5 Å². The van der Waals surface area contributed by atoms with Crippen molar-refractivity contribution in [1.29, 1.82) is 0 Å². The van der Waals surface area contributed by atoms with Crippen LogP contribution in [0.15, 0.2) is 11.8 Å². The predicted molar refractivity (Wildman–Crippen MR) is 42.7 cm³/mol. The molecule has 0 atom stereocenters. The molecule has 0 bridgehead atoms. The third-order valence-corrected chi connectivity index (χ3v) is 1.64. The summed E-state index contributed by atoms with van der Waals surface area (Å²) in [5.74, 6) is -0.821. The Hall–Kier alpha value is -1.52. The van der Waals surface area contributed by atoms with Crippen molar-refractivity contribution in [2.45, 2.75) is 6.42 Å². The zero-order valence-electron chi connectivity index (χ0n) is 6.62. The molecule has 1 aliphatic rings. The molecule has 0 fully saturated rings. The SMILES string of the molecule is NC(=O)CN1CCC=C(N)C1=O. The summed E-state index contributed by atoms with van der Waals surface area (Å²) in [6.45, 7) is 0.468. The molecule has 0 radical (unpaired) electrons.